The molecular formula is C13H15BrO3. The summed E-state index contributed by atoms with van der Waals surface area (Å²) in [6.45, 7) is 4.43. The number of hydrogen-bond donors (Lipinski definition) is 0. The van der Waals surface area contributed by atoms with Crippen LogP contribution in [0.4, 0.5) is 0 Å². The second kappa shape index (κ2) is 5.19. The summed E-state index contributed by atoms with van der Waals surface area (Å²) in [6.07, 6.45) is -0.111. The van der Waals surface area contributed by atoms with E-state index < -0.39 is 6.10 Å². The Morgan fingerprint density at radius 1 is 1.47 bits per heavy atom. The molecule has 1 aromatic rings. The number of carbonyl (C=O) groups is 1. The van der Waals surface area contributed by atoms with Crippen LogP contribution < -0.4 is 4.74 Å². The Morgan fingerprint density at radius 3 is 2.82 bits per heavy atom. The fourth-order valence-electron chi connectivity index (χ4n) is 1.82. The van der Waals surface area contributed by atoms with Gasteiger partial charge in [0, 0.05) is 13.0 Å². The third kappa shape index (κ3) is 2.69. The van der Waals surface area contributed by atoms with Crippen LogP contribution in [0.3, 0.4) is 0 Å². The molecule has 0 heterocycles. The number of carbonyl (C=O) groups excluding carboxylic acids is 1. The molecule has 2 rings (SSSR count). The first-order valence-corrected chi connectivity index (χ1v) is 6.48. The molecule has 17 heavy (non-hydrogen) atoms. The molecule has 1 aromatic carbocycles. The first-order chi connectivity index (χ1) is 8.11. The molecule has 0 amide bonds. The highest BCUT2D eigenvalue weighted by Crippen LogP contribution is 2.31. The molecule has 0 saturated heterocycles. The van der Waals surface area contributed by atoms with Gasteiger partial charge in [0.15, 0.2) is 11.9 Å². The van der Waals surface area contributed by atoms with Crippen molar-refractivity contribution in [3.8, 4) is 5.75 Å². The largest absolute Gasteiger partial charge is 0.486 e. The van der Waals surface area contributed by atoms with Crippen LogP contribution in [0, 0.1) is 6.92 Å². The maximum Gasteiger partial charge on any atom is 0.169 e. The van der Waals surface area contributed by atoms with Crippen LogP contribution >= 0.6 is 15.9 Å². The van der Waals surface area contributed by atoms with Crippen molar-refractivity contribution in [1.82, 2.24) is 0 Å². The molecule has 92 valence electrons. The zero-order valence-corrected chi connectivity index (χ0v) is 11.5. The second-order valence-corrected chi connectivity index (χ2v) is 4.99. The summed E-state index contributed by atoms with van der Waals surface area (Å²) in [5.41, 5.74) is 1.16. The van der Waals surface area contributed by atoms with Gasteiger partial charge in [0.2, 0.25) is 0 Å². The van der Waals surface area contributed by atoms with Gasteiger partial charge in [-0.3, -0.25) is 4.79 Å². The number of rotatable bonds is 4. The van der Waals surface area contributed by atoms with Crippen LogP contribution in [0.25, 0.3) is 0 Å². The van der Waals surface area contributed by atoms with E-state index in [0.717, 1.165) is 15.8 Å². The van der Waals surface area contributed by atoms with Gasteiger partial charge in [0.25, 0.3) is 0 Å². The molecule has 1 aliphatic carbocycles. The van der Waals surface area contributed by atoms with Crippen molar-refractivity contribution in [2.75, 3.05) is 6.61 Å². The molecule has 0 bridgehead atoms. The number of Topliss-reactive ketones (excluding diaryl/α,β-unsaturated/α-hetero) is 1. The van der Waals surface area contributed by atoms with E-state index >= 15 is 0 Å². The Kier molecular flexibility index (Phi) is 3.84. The highest BCUT2D eigenvalue weighted by Gasteiger charge is 2.42. The van der Waals surface area contributed by atoms with Gasteiger partial charge < -0.3 is 9.47 Å². The Hall–Kier alpha value is -0.870. The fourth-order valence-corrected chi connectivity index (χ4v) is 2.40. The minimum absolute atomic E-state index is 0.125. The van der Waals surface area contributed by atoms with Gasteiger partial charge in [0.05, 0.1) is 4.47 Å². The molecule has 1 aliphatic rings. The highest BCUT2D eigenvalue weighted by molar-refractivity contribution is 9.10. The van der Waals surface area contributed by atoms with Crippen LogP contribution in [0.2, 0.25) is 0 Å². The van der Waals surface area contributed by atoms with E-state index in [0.29, 0.717) is 13.0 Å². The summed E-state index contributed by atoms with van der Waals surface area (Å²) in [7, 11) is 0. The van der Waals surface area contributed by atoms with E-state index in [-0.39, 0.29) is 11.9 Å². The normalized spacial score (nSPS) is 23.4. The SMILES string of the molecule is CCOC1C(=O)CC1Oc1ccc(C)cc1Br. The van der Waals surface area contributed by atoms with Crippen molar-refractivity contribution < 1.29 is 14.3 Å². The first-order valence-electron chi connectivity index (χ1n) is 5.69. The lowest BCUT2D eigenvalue weighted by Gasteiger charge is -2.34. The zero-order valence-electron chi connectivity index (χ0n) is 9.90. The molecule has 0 aliphatic heterocycles. The quantitative estimate of drug-likeness (QED) is 0.857. The fraction of sp³-hybridized carbons (Fsp3) is 0.462. The van der Waals surface area contributed by atoms with Gasteiger partial charge in [0.1, 0.15) is 11.9 Å². The van der Waals surface area contributed by atoms with Gasteiger partial charge in [-0.15, -0.1) is 0 Å². The zero-order chi connectivity index (χ0) is 12.4. The average molecular weight is 299 g/mol. The van der Waals surface area contributed by atoms with E-state index in [4.69, 9.17) is 9.47 Å². The summed E-state index contributed by atoms with van der Waals surface area (Å²) in [4.78, 5) is 11.3. The minimum Gasteiger partial charge on any atom is -0.486 e. The summed E-state index contributed by atoms with van der Waals surface area (Å²) >= 11 is 3.45. The highest BCUT2D eigenvalue weighted by atomic mass is 79.9. The van der Waals surface area contributed by atoms with E-state index in [1.165, 1.54) is 0 Å². The third-order valence-electron chi connectivity index (χ3n) is 2.77. The molecular weight excluding hydrogens is 284 g/mol. The minimum atomic E-state index is -0.395. The summed E-state index contributed by atoms with van der Waals surface area (Å²) < 4.78 is 12.0. The maximum absolute atomic E-state index is 11.3. The molecule has 0 radical (unpaired) electrons. The third-order valence-corrected chi connectivity index (χ3v) is 3.39. The molecule has 3 nitrogen and oxygen atoms in total. The Bertz CT molecular complexity index is 431. The lowest BCUT2D eigenvalue weighted by molar-refractivity contribution is -0.154. The number of aryl methyl sites for hydroxylation is 1. The van der Waals surface area contributed by atoms with Crippen LogP contribution in [-0.4, -0.2) is 24.6 Å². The number of hydrogen-bond acceptors (Lipinski definition) is 3. The average Bonchev–Trinajstić information content (AvgIpc) is 2.28. The standard InChI is InChI=1S/C13H15BrO3/c1-3-16-13-10(15)7-12(13)17-11-5-4-8(2)6-9(11)14/h4-6,12-13H,3,7H2,1-2H3. The van der Waals surface area contributed by atoms with Gasteiger partial charge >= 0.3 is 0 Å². The lowest BCUT2D eigenvalue weighted by Crippen LogP contribution is -2.52. The van der Waals surface area contributed by atoms with Gasteiger partial charge in [-0.05, 0) is 47.5 Å². The van der Waals surface area contributed by atoms with Gasteiger partial charge in [-0.1, -0.05) is 6.07 Å². The smallest absolute Gasteiger partial charge is 0.169 e. The Morgan fingerprint density at radius 2 is 2.24 bits per heavy atom. The number of halogens is 1. The van der Waals surface area contributed by atoms with E-state index in [2.05, 4.69) is 15.9 Å². The maximum atomic E-state index is 11.3. The van der Waals surface area contributed by atoms with Crippen LogP contribution in [0.15, 0.2) is 22.7 Å². The van der Waals surface area contributed by atoms with Crippen molar-refractivity contribution in [2.45, 2.75) is 32.5 Å². The van der Waals surface area contributed by atoms with Crippen molar-refractivity contribution in [2.24, 2.45) is 0 Å². The van der Waals surface area contributed by atoms with E-state index in [1.807, 2.05) is 32.0 Å². The van der Waals surface area contributed by atoms with Crippen molar-refractivity contribution in [3.05, 3.63) is 28.2 Å². The Labute approximate surface area is 109 Å². The number of benzene rings is 1. The molecule has 0 spiro atoms. The molecule has 2 unspecified atom stereocenters. The molecule has 1 fully saturated rings. The Balaban J connectivity index is 2.04. The predicted molar refractivity (Wildman–Crippen MR) is 68.3 cm³/mol. The van der Waals surface area contributed by atoms with E-state index in [9.17, 15) is 4.79 Å². The molecule has 4 heteroatoms. The van der Waals surface area contributed by atoms with Crippen LogP contribution in [-0.2, 0) is 9.53 Å². The second-order valence-electron chi connectivity index (χ2n) is 4.14. The predicted octanol–water partition coefficient (Wildman–Crippen LogP) is 2.88. The molecule has 0 N–H and O–H groups in total. The van der Waals surface area contributed by atoms with Gasteiger partial charge in [-0.2, -0.15) is 0 Å². The summed E-state index contributed by atoms with van der Waals surface area (Å²) in [5.74, 6) is 0.887. The summed E-state index contributed by atoms with van der Waals surface area (Å²) in [5, 5.41) is 0. The van der Waals surface area contributed by atoms with Crippen LogP contribution in [0.1, 0.15) is 18.9 Å². The molecule has 1 saturated carbocycles. The first kappa shape index (κ1) is 12.6. The molecule has 2 atom stereocenters. The number of ketones is 1. The summed E-state index contributed by atoms with van der Waals surface area (Å²) in [6, 6.07) is 5.88. The topological polar surface area (TPSA) is 35.5 Å². The van der Waals surface area contributed by atoms with Gasteiger partial charge in [-0.25, -0.2) is 0 Å². The van der Waals surface area contributed by atoms with E-state index in [1.54, 1.807) is 0 Å². The monoisotopic (exact) mass is 298 g/mol. The lowest BCUT2D eigenvalue weighted by atomic mass is 9.90. The number of ether oxygens (including phenoxy) is 2. The van der Waals surface area contributed by atoms with Crippen molar-refractivity contribution in [1.29, 1.82) is 0 Å². The van der Waals surface area contributed by atoms with Crippen molar-refractivity contribution in [3.63, 3.8) is 0 Å². The van der Waals surface area contributed by atoms with Crippen LogP contribution in [0.5, 0.6) is 5.75 Å². The molecule has 0 aromatic heterocycles. The van der Waals surface area contributed by atoms with Crippen molar-refractivity contribution >= 4 is 21.7 Å².